The highest BCUT2D eigenvalue weighted by atomic mass is 79.9. The van der Waals surface area contributed by atoms with Crippen molar-refractivity contribution in [2.24, 2.45) is 5.92 Å². The Morgan fingerprint density at radius 2 is 1.74 bits per heavy atom. The van der Waals surface area contributed by atoms with Crippen molar-refractivity contribution in [2.75, 3.05) is 11.9 Å². The minimum absolute atomic E-state index is 0.108. The number of ether oxygens (including phenoxy) is 1. The van der Waals surface area contributed by atoms with Gasteiger partial charge in [0.25, 0.3) is 5.69 Å². The molecule has 3 aromatic rings. The third kappa shape index (κ3) is 4.61. The zero-order valence-corrected chi connectivity index (χ0v) is 20.1. The van der Waals surface area contributed by atoms with E-state index >= 15 is 0 Å². The lowest BCUT2D eigenvalue weighted by Crippen LogP contribution is -2.29. The average Bonchev–Trinajstić information content (AvgIpc) is 3.37. The highest BCUT2D eigenvalue weighted by molar-refractivity contribution is 9.10. The topological polar surface area (TPSA) is 98.5 Å². The molecule has 0 spiro atoms. The number of carbonyl (C=O) groups excluding carboxylic acids is 2. The lowest BCUT2D eigenvalue weighted by Gasteiger charge is -2.37. The normalized spacial score (nSPS) is 19.9. The zero-order valence-electron chi connectivity index (χ0n) is 18.5. The van der Waals surface area contributed by atoms with E-state index in [1.165, 1.54) is 29.8 Å². The SMILES string of the molecule is O=C(COC(=O)c1ccc2c(c1)[C@H]1C=CC[C@H]1[C@H](c1ccc(Br)cc1)N2)c1ccc([N+](=O)[O-])cc1. The molecule has 0 amide bonds. The van der Waals surface area contributed by atoms with Crippen molar-refractivity contribution in [3.05, 3.63) is 116 Å². The van der Waals surface area contributed by atoms with Crippen LogP contribution in [0.15, 0.2) is 83.4 Å². The number of non-ortho nitro benzene ring substituents is 1. The van der Waals surface area contributed by atoms with Crippen LogP contribution in [0, 0.1) is 16.0 Å². The molecule has 1 heterocycles. The Morgan fingerprint density at radius 3 is 2.46 bits per heavy atom. The Labute approximate surface area is 210 Å². The molecule has 35 heavy (non-hydrogen) atoms. The second-order valence-electron chi connectivity index (χ2n) is 8.63. The van der Waals surface area contributed by atoms with Gasteiger partial charge < -0.3 is 10.1 Å². The molecule has 176 valence electrons. The standard InChI is InChI=1S/C27H21BrN2O5/c28-19-9-4-17(5-10-19)26-22-3-1-2-21(22)23-14-18(8-13-24(23)29-26)27(32)35-15-25(31)16-6-11-20(12-7-16)30(33)34/h1-2,4-14,21-22,26,29H,3,15H2/t21-,22+,26-/m0/s1. The van der Waals surface area contributed by atoms with Gasteiger partial charge in [-0.05, 0) is 65.9 Å². The summed E-state index contributed by atoms with van der Waals surface area (Å²) >= 11 is 3.49. The highest BCUT2D eigenvalue weighted by Crippen LogP contribution is 2.50. The van der Waals surface area contributed by atoms with Gasteiger partial charge in [-0.3, -0.25) is 14.9 Å². The monoisotopic (exact) mass is 532 g/mol. The first-order valence-corrected chi connectivity index (χ1v) is 12.0. The number of hydrogen-bond donors (Lipinski definition) is 1. The van der Waals surface area contributed by atoms with Crippen molar-refractivity contribution in [3.63, 3.8) is 0 Å². The quantitative estimate of drug-likeness (QED) is 0.133. The molecule has 0 saturated carbocycles. The Kier molecular flexibility index (Phi) is 6.21. The predicted octanol–water partition coefficient (Wildman–Crippen LogP) is 6.22. The zero-order chi connectivity index (χ0) is 24.5. The number of carbonyl (C=O) groups is 2. The second kappa shape index (κ2) is 9.46. The van der Waals surface area contributed by atoms with E-state index in [1.807, 2.05) is 24.3 Å². The molecule has 1 aliphatic heterocycles. The molecule has 0 radical (unpaired) electrons. The smallest absolute Gasteiger partial charge is 0.338 e. The summed E-state index contributed by atoms with van der Waals surface area (Å²) in [7, 11) is 0. The summed E-state index contributed by atoms with van der Waals surface area (Å²) < 4.78 is 6.30. The van der Waals surface area contributed by atoms with Gasteiger partial charge in [0, 0.05) is 33.8 Å². The number of nitrogens with zero attached hydrogens (tertiary/aromatic N) is 1. The van der Waals surface area contributed by atoms with E-state index in [0.29, 0.717) is 11.5 Å². The van der Waals surface area contributed by atoms with Crippen molar-refractivity contribution in [3.8, 4) is 0 Å². The second-order valence-corrected chi connectivity index (χ2v) is 9.55. The Balaban J connectivity index is 1.30. The van der Waals surface area contributed by atoms with Crippen LogP contribution in [0.2, 0.25) is 0 Å². The summed E-state index contributed by atoms with van der Waals surface area (Å²) in [5, 5.41) is 14.4. The Bertz CT molecular complexity index is 1330. The summed E-state index contributed by atoms with van der Waals surface area (Å²) in [6.07, 6.45) is 5.32. The van der Waals surface area contributed by atoms with E-state index in [9.17, 15) is 19.7 Å². The van der Waals surface area contributed by atoms with Crippen molar-refractivity contribution < 1.29 is 19.2 Å². The number of anilines is 1. The van der Waals surface area contributed by atoms with Gasteiger partial charge in [0.15, 0.2) is 12.4 Å². The number of rotatable bonds is 6. The fourth-order valence-corrected chi connectivity index (χ4v) is 5.05. The van der Waals surface area contributed by atoms with Crippen LogP contribution >= 0.6 is 15.9 Å². The van der Waals surface area contributed by atoms with Crippen molar-refractivity contribution in [1.29, 1.82) is 0 Å². The number of nitro benzene ring substituents is 1. The van der Waals surface area contributed by atoms with Crippen LogP contribution in [0.3, 0.4) is 0 Å². The number of benzene rings is 3. The van der Waals surface area contributed by atoms with Crippen molar-refractivity contribution in [2.45, 2.75) is 18.4 Å². The van der Waals surface area contributed by atoms with Crippen molar-refractivity contribution in [1.82, 2.24) is 0 Å². The van der Waals surface area contributed by atoms with Crippen LogP contribution in [-0.4, -0.2) is 23.3 Å². The van der Waals surface area contributed by atoms with Crippen LogP contribution in [0.1, 0.15) is 50.2 Å². The summed E-state index contributed by atoms with van der Waals surface area (Å²) in [5.41, 5.74) is 3.74. The van der Waals surface area contributed by atoms with Gasteiger partial charge in [-0.1, -0.05) is 40.2 Å². The van der Waals surface area contributed by atoms with Gasteiger partial charge in [-0.2, -0.15) is 0 Å². The molecule has 7 nitrogen and oxygen atoms in total. The average molecular weight is 533 g/mol. The van der Waals surface area contributed by atoms with E-state index < -0.39 is 23.3 Å². The van der Waals surface area contributed by atoms with Gasteiger partial charge in [0.2, 0.25) is 0 Å². The molecule has 0 fully saturated rings. The number of fused-ring (bicyclic) bond motifs is 3. The van der Waals surface area contributed by atoms with Gasteiger partial charge in [0.05, 0.1) is 16.5 Å². The number of hydrogen-bond acceptors (Lipinski definition) is 6. The van der Waals surface area contributed by atoms with E-state index in [0.717, 1.165) is 22.1 Å². The van der Waals surface area contributed by atoms with Crippen LogP contribution in [0.4, 0.5) is 11.4 Å². The molecule has 3 atom stereocenters. The number of Topliss-reactive ketones (excluding diaryl/α,β-unsaturated/α-hetero) is 1. The molecular weight excluding hydrogens is 512 g/mol. The summed E-state index contributed by atoms with van der Waals surface area (Å²) in [6.45, 7) is -0.441. The Hall–Kier alpha value is -3.78. The van der Waals surface area contributed by atoms with Crippen molar-refractivity contribution >= 4 is 39.1 Å². The predicted molar refractivity (Wildman–Crippen MR) is 135 cm³/mol. The van der Waals surface area contributed by atoms with Crippen LogP contribution < -0.4 is 5.32 Å². The molecule has 8 heteroatoms. The maximum Gasteiger partial charge on any atom is 0.338 e. The first-order valence-electron chi connectivity index (χ1n) is 11.2. The molecule has 2 aliphatic rings. The van der Waals surface area contributed by atoms with E-state index in [4.69, 9.17) is 4.74 Å². The third-order valence-corrected chi connectivity index (χ3v) is 7.09. The first-order chi connectivity index (χ1) is 16.9. The highest BCUT2D eigenvalue weighted by Gasteiger charge is 2.38. The van der Waals surface area contributed by atoms with Gasteiger partial charge in [-0.25, -0.2) is 4.79 Å². The fraction of sp³-hybridized carbons (Fsp3) is 0.185. The number of esters is 1. The molecule has 3 aromatic carbocycles. The number of nitrogens with one attached hydrogen (secondary N) is 1. The summed E-state index contributed by atoms with van der Waals surface area (Å²) in [6, 6.07) is 19.1. The molecular formula is C27H21BrN2O5. The van der Waals surface area contributed by atoms with E-state index in [-0.39, 0.29) is 23.2 Å². The number of ketones is 1. The van der Waals surface area contributed by atoms with E-state index in [2.05, 4.69) is 45.5 Å². The largest absolute Gasteiger partial charge is 0.454 e. The summed E-state index contributed by atoms with van der Waals surface area (Å²) in [5.74, 6) is -0.506. The Morgan fingerprint density at radius 1 is 1.03 bits per heavy atom. The van der Waals surface area contributed by atoms with Crippen LogP contribution in [0.5, 0.6) is 0 Å². The minimum atomic E-state index is -0.586. The number of nitro groups is 1. The lowest BCUT2D eigenvalue weighted by molar-refractivity contribution is -0.384. The van der Waals surface area contributed by atoms with Crippen LogP contribution in [-0.2, 0) is 4.74 Å². The van der Waals surface area contributed by atoms with Gasteiger partial charge >= 0.3 is 5.97 Å². The van der Waals surface area contributed by atoms with Gasteiger partial charge in [-0.15, -0.1) is 0 Å². The molecule has 0 bridgehead atoms. The maximum absolute atomic E-state index is 12.7. The fourth-order valence-electron chi connectivity index (χ4n) is 4.79. The molecule has 0 saturated heterocycles. The third-order valence-electron chi connectivity index (χ3n) is 6.56. The number of allylic oxidation sites excluding steroid dienone is 2. The molecule has 0 unspecified atom stereocenters. The molecule has 0 aromatic heterocycles. The maximum atomic E-state index is 12.7. The number of halogens is 1. The molecule has 1 aliphatic carbocycles. The van der Waals surface area contributed by atoms with Gasteiger partial charge in [0.1, 0.15) is 0 Å². The molecule has 1 N–H and O–H groups in total. The van der Waals surface area contributed by atoms with E-state index in [1.54, 1.807) is 6.07 Å². The lowest BCUT2D eigenvalue weighted by atomic mass is 9.76. The molecule has 5 rings (SSSR count). The first kappa shape index (κ1) is 23.0. The minimum Gasteiger partial charge on any atom is -0.454 e. The van der Waals surface area contributed by atoms with Crippen LogP contribution in [0.25, 0.3) is 0 Å². The summed E-state index contributed by atoms with van der Waals surface area (Å²) in [4.78, 5) is 35.3.